The molecule has 3 aromatic heterocycles. The number of nitrogens with one attached hydrogen (secondary N) is 1. The van der Waals surface area contributed by atoms with E-state index in [4.69, 9.17) is 14.4 Å². The van der Waals surface area contributed by atoms with E-state index in [0.717, 1.165) is 0 Å². The molecule has 4 aromatic rings. The van der Waals surface area contributed by atoms with Crippen LogP contribution in [0.5, 0.6) is 0 Å². The highest BCUT2D eigenvalue weighted by molar-refractivity contribution is 5.85. The van der Waals surface area contributed by atoms with E-state index in [1.165, 1.54) is 29.4 Å². The first-order chi connectivity index (χ1) is 15.1. The van der Waals surface area contributed by atoms with Gasteiger partial charge in [-0.05, 0) is 12.1 Å². The number of benzene rings is 1. The summed E-state index contributed by atoms with van der Waals surface area (Å²) >= 11 is 0. The summed E-state index contributed by atoms with van der Waals surface area (Å²) in [5.74, 6) is -0.0242. The second-order valence-electron chi connectivity index (χ2n) is 6.96. The van der Waals surface area contributed by atoms with Crippen molar-refractivity contribution in [1.82, 2.24) is 24.7 Å². The molecular formula is C19H17FN6O5. The van der Waals surface area contributed by atoms with Gasteiger partial charge in [-0.1, -0.05) is 17.3 Å². The third kappa shape index (κ3) is 3.31. The van der Waals surface area contributed by atoms with Crippen LogP contribution in [0.25, 0.3) is 11.2 Å². The molecule has 160 valence electrons. The number of aliphatic hydroxyl groups excluding tert-OH is 3. The third-order valence-electron chi connectivity index (χ3n) is 5.02. The van der Waals surface area contributed by atoms with Crippen molar-refractivity contribution in [2.75, 3.05) is 5.32 Å². The Morgan fingerprint density at radius 2 is 1.97 bits per heavy atom. The molecular weight excluding hydrogens is 411 g/mol. The zero-order valence-corrected chi connectivity index (χ0v) is 15.8. The molecule has 0 bridgehead atoms. The van der Waals surface area contributed by atoms with Crippen molar-refractivity contribution in [2.24, 2.45) is 0 Å². The standard InChI is InChI=1S/C19H17FN6O5/c20-10-3-1-2-4-11(10)24-17-13-18(22-7-21-17)26(8-23-13)19-15(29)14(28)16(30-19)12-5-9(6-27)25-31-12/h1-5,7-8,14-16,19,27-29H,6H2,(H,21,22,24)/t14-,15+,16+,19+/m0/s1. The predicted molar refractivity (Wildman–Crippen MR) is 102 cm³/mol. The molecule has 11 nitrogen and oxygen atoms in total. The molecule has 12 heteroatoms. The van der Waals surface area contributed by atoms with E-state index in [0.29, 0.717) is 11.2 Å². The molecule has 0 amide bonds. The number of nitrogens with zero attached hydrogens (tertiary/aromatic N) is 5. The average molecular weight is 428 g/mol. The van der Waals surface area contributed by atoms with Gasteiger partial charge in [-0.3, -0.25) is 4.57 Å². The van der Waals surface area contributed by atoms with Crippen molar-refractivity contribution in [3.63, 3.8) is 0 Å². The van der Waals surface area contributed by atoms with Crippen LogP contribution >= 0.6 is 0 Å². The lowest BCUT2D eigenvalue weighted by Crippen LogP contribution is -2.28. The highest BCUT2D eigenvalue weighted by atomic mass is 19.1. The lowest BCUT2D eigenvalue weighted by Gasteiger charge is -2.16. The van der Waals surface area contributed by atoms with Gasteiger partial charge in [0, 0.05) is 6.07 Å². The Bertz CT molecular complexity index is 1230. The maximum absolute atomic E-state index is 14.0. The van der Waals surface area contributed by atoms with E-state index in [1.54, 1.807) is 18.2 Å². The van der Waals surface area contributed by atoms with Crippen molar-refractivity contribution in [3.05, 3.63) is 60.3 Å². The normalized spacial score (nSPS) is 23.5. The topological polar surface area (TPSA) is 152 Å². The number of anilines is 2. The number of aliphatic hydroxyl groups is 3. The summed E-state index contributed by atoms with van der Waals surface area (Å²) in [6, 6.07) is 7.56. The van der Waals surface area contributed by atoms with Gasteiger partial charge in [0.1, 0.15) is 36.2 Å². The summed E-state index contributed by atoms with van der Waals surface area (Å²) in [7, 11) is 0. The number of fused-ring (bicyclic) bond motifs is 1. The van der Waals surface area contributed by atoms with Gasteiger partial charge in [0.05, 0.1) is 18.6 Å². The zero-order valence-electron chi connectivity index (χ0n) is 15.8. The van der Waals surface area contributed by atoms with Gasteiger partial charge in [-0.25, -0.2) is 19.3 Å². The van der Waals surface area contributed by atoms with E-state index in [1.807, 2.05) is 0 Å². The molecule has 1 aliphatic rings. The molecule has 0 saturated carbocycles. The number of ether oxygens (including phenoxy) is 1. The minimum atomic E-state index is -1.33. The van der Waals surface area contributed by atoms with Gasteiger partial charge in [0.2, 0.25) is 0 Å². The Morgan fingerprint density at radius 3 is 2.74 bits per heavy atom. The molecule has 0 spiro atoms. The quantitative estimate of drug-likeness (QED) is 0.365. The molecule has 1 fully saturated rings. The van der Waals surface area contributed by atoms with E-state index in [2.05, 4.69) is 25.4 Å². The number of aromatic nitrogens is 5. The van der Waals surface area contributed by atoms with Crippen LogP contribution in [-0.4, -0.2) is 52.2 Å². The fourth-order valence-corrected chi connectivity index (χ4v) is 3.48. The zero-order chi connectivity index (χ0) is 21.5. The van der Waals surface area contributed by atoms with Crippen molar-refractivity contribution in [2.45, 2.75) is 31.1 Å². The molecule has 4 atom stereocenters. The van der Waals surface area contributed by atoms with Crippen LogP contribution < -0.4 is 5.32 Å². The van der Waals surface area contributed by atoms with Crippen LogP contribution in [0, 0.1) is 5.82 Å². The lowest BCUT2D eigenvalue weighted by molar-refractivity contribution is -0.0434. The van der Waals surface area contributed by atoms with Crippen molar-refractivity contribution >= 4 is 22.7 Å². The number of rotatable bonds is 5. The SMILES string of the molecule is OCc1cc([C@H]2O[C@@H](n3cnc4c(Nc5ccccc5F)ncnc43)[C@H](O)[C@@H]2O)on1. The van der Waals surface area contributed by atoms with Crippen LogP contribution in [0.4, 0.5) is 15.9 Å². The molecule has 4 heterocycles. The maximum Gasteiger partial charge on any atom is 0.168 e. The largest absolute Gasteiger partial charge is 0.390 e. The van der Waals surface area contributed by atoms with Crippen molar-refractivity contribution in [1.29, 1.82) is 0 Å². The number of imidazole rings is 1. The number of para-hydroxylation sites is 1. The Kier molecular flexibility index (Phi) is 4.82. The molecule has 0 unspecified atom stereocenters. The molecule has 1 aliphatic heterocycles. The van der Waals surface area contributed by atoms with Crippen LogP contribution in [0.15, 0.2) is 47.5 Å². The fourth-order valence-electron chi connectivity index (χ4n) is 3.48. The number of hydrogen-bond donors (Lipinski definition) is 4. The first kappa shape index (κ1) is 19.5. The van der Waals surface area contributed by atoms with Gasteiger partial charge in [0.25, 0.3) is 0 Å². The monoisotopic (exact) mass is 428 g/mol. The molecule has 4 N–H and O–H groups in total. The third-order valence-corrected chi connectivity index (χ3v) is 5.02. The summed E-state index contributed by atoms with van der Waals surface area (Å²) < 4.78 is 26.4. The lowest BCUT2D eigenvalue weighted by atomic mass is 10.1. The smallest absolute Gasteiger partial charge is 0.168 e. The summed E-state index contributed by atoms with van der Waals surface area (Å²) in [5.41, 5.74) is 1.11. The van der Waals surface area contributed by atoms with E-state index < -0.39 is 30.4 Å². The van der Waals surface area contributed by atoms with Gasteiger partial charge in [-0.2, -0.15) is 0 Å². The first-order valence-corrected chi connectivity index (χ1v) is 9.34. The van der Waals surface area contributed by atoms with Gasteiger partial charge >= 0.3 is 0 Å². The van der Waals surface area contributed by atoms with E-state index in [-0.39, 0.29) is 29.6 Å². The Hall–Kier alpha value is -3.45. The van der Waals surface area contributed by atoms with Crippen LogP contribution in [0.3, 0.4) is 0 Å². The van der Waals surface area contributed by atoms with Crippen LogP contribution in [0.1, 0.15) is 23.8 Å². The van der Waals surface area contributed by atoms with Crippen LogP contribution in [0.2, 0.25) is 0 Å². The highest BCUT2D eigenvalue weighted by Gasteiger charge is 2.46. The second kappa shape index (κ2) is 7.67. The minimum Gasteiger partial charge on any atom is -0.390 e. The van der Waals surface area contributed by atoms with E-state index in [9.17, 15) is 14.6 Å². The Balaban J connectivity index is 1.47. The molecule has 1 saturated heterocycles. The molecule has 5 rings (SSSR count). The van der Waals surface area contributed by atoms with Gasteiger partial charge < -0.3 is 29.9 Å². The average Bonchev–Trinajstić information content (AvgIpc) is 3.49. The van der Waals surface area contributed by atoms with Crippen LogP contribution in [-0.2, 0) is 11.3 Å². The summed E-state index contributed by atoms with van der Waals surface area (Å²) in [5, 5.41) is 36.7. The second-order valence-corrected chi connectivity index (χ2v) is 6.96. The molecule has 1 aromatic carbocycles. The summed E-state index contributed by atoms with van der Waals surface area (Å²) in [4.78, 5) is 12.6. The molecule has 31 heavy (non-hydrogen) atoms. The Labute approximate surface area is 173 Å². The maximum atomic E-state index is 14.0. The fraction of sp³-hybridized carbons (Fsp3) is 0.263. The minimum absolute atomic E-state index is 0.166. The number of halogens is 1. The summed E-state index contributed by atoms with van der Waals surface area (Å²) in [6.07, 6.45) is -2.05. The van der Waals surface area contributed by atoms with Gasteiger partial charge in [-0.15, -0.1) is 0 Å². The highest BCUT2D eigenvalue weighted by Crippen LogP contribution is 2.40. The molecule has 0 aliphatic carbocycles. The predicted octanol–water partition coefficient (Wildman–Crippen LogP) is 1.18. The van der Waals surface area contributed by atoms with Crippen molar-refractivity contribution in [3.8, 4) is 0 Å². The van der Waals surface area contributed by atoms with Gasteiger partial charge in [0.15, 0.2) is 29.0 Å². The first-order valence-electron chi connectivity index (χ1n) is 9.34. The molecule has 0 radical (unpaired) electrons. The Morgan fingerprint density at radius 1 is 1.13 bits per heavy atom. The van der Waals surface area contributed by atoms with Crippen molar-refractivity contribution < 1.29 is 29.0 Å². The van der Waals surface area contributed by atoms with E-state index >= 15 is 0 Å². The summed E-state index contributed by atoms with van der Waals surface area (Å²) in [6.45, 7) is -0.334. The number of hydrogen-bond acceptors (Lipinski definition) is 10.